The first-order chi connectivity index (χ1) is 14.1. The molecule has 0 spiro atoms. The zero-order valence-electron chi connectivity index (χ0n) is 15.1. The summed E-state index contributed by atoms with van der Waals surface area (Å²) in [6.07, 6.45) is -14.0. The summed E-state index contributed by atoms with van der Waals surface area (Å²) in [5.41, 5.74) is 0.172. The molecule has 1 unspecified atom stereocenters. The number of benzene rings is 1. The van der Waals surface area contributed by atoms with Crippen LogP contribution >= 0.6 is 0 Å². The smallest absolute Gasteiger partial charge is 0.459 e. The number of hydrogen-bond donors (Lipinski definition) is 1. The Kier molecular flexibility index (Phi) is 7.46. The first-order valence-electron chi connectivity index (χ1n) is 7.98. The van der Waals surface area contributed by atoms with E-state index in [0.717, 1.165) is 0 Å². The van der Waals surface area contributed by atoms with Crippen LogP contribution in [0, 0.1) is 0 Å². The maximum Gasteiger partial charge on any atom is 0.460 e. The number of carbonyl (C=O) groups is 1. The Hall–Kier alpha value is -2.26. The van der Waals surface area contributed by atoms with Crippen molar-refractivity contribution in [2.75, 3.05) is 0 Å². The zero-order chi connectivity index (χ0) is 25.4. The lowest BCUT2D eigenvalue weighted by Crippen LogP contribution is -2.70. The minimum atomic E-state index is -8.05. The highest BCUT2D eigenvalue weighted by atomic mass is 19.4. The van der Waals surface area contributed by atoms with E-state index < -0.39 is 60.9 Å². The van der Waals surface area contributed by atoms with Gasteiger partial charge in [-0.15, -0.1) is 0 Å². The lowest BCUT2D eigenvalue weighted by molar-refractivity contribution is -0.440. The van der Waals surface area contributed by atoms with Crippen molar-refractivity contribution in [2.24, 2.45) is 0 Å². The van der Waals surface area contributed by atoms with Crippen molar-refractivity contribution in [1.29, 1.82) is 0 Å². The Labute approximate surface area is 169 Å². The van der Waals surface area contributed by atoms with Crippen LogP contribution in [-0.2, 0) is 16.1 Å². The van der Waals surface area contributed by atoms with E-state index in [1.807, 2.05) is 0 Å². The molecule has 0 aliphatic heterocycles. The molecule has 0 saturated heterocycles. The minimum absolute atomic E-state index is 0.172. The molecule has 0 amide bonds. The van der Waals surface area contributed by atoms with Gasteiger partial charge in [-0.1, -0.05) is 30.3 Å². The first kappa shape index (κ1) is 27.8. The third kappa shape index (κ3) is 4.73. The van der Waals surface area contributed by atoms with Crippen LogP contribution in [0.2, 0.25) is 0 Å². The van der Waals surface area contributed by atoms with Gasteiger partial charge < -0.3 is 9.84 Å². The van der Waals surface area contributed by atoms with Crippen LogP contribution in [0.3, 0.4) is 0 Å². The number of ether oxygens (including phenoxy) is 1. The fourth-order valence-electron chi connectivity index (χ4n) is 2.08. The van der Waals surface area contributed by atoms with Gasteiger partial charge in [0.1, 0.15) is 6.61 Å². The van der Waals surface area contributed by atoms with Crippen LogP contribution in [0.15, 0.2) is 30.3 Å². The molecule has 0 aliphatic rings. The van der Waals surface area contributed by atoms with E-state index in [9.17, 15) is 67.0 Å². The third-order valence-corrected chi connectivity index (χ3v) is 3.94. The number of aliphatic hydroxyl groups is 1. The summed E-state index contributed by atoms with van der Waals surface area (Å²) >= 11 is 0. The minimum Gasteiger partial charge on any atom is -0.459 e. The molecule has 0 heterocycles. The molecule has 32 heavy (non-hydrogen) atoms. The van der Waals surface area contributed by atoms with E-state index in [1.54, 1.807) is 0 Å². The third-order valence-electron chi connectivity index (χ3n) is 3.94. The fourth-order valence-corrected chi connectivity index (χ4v) is 2.08. The summed E-state index contributed by atoms with van der Waals surface area (Å²) in [6, 6.07) is 6.87. The Morgan fingerprint density at radius 2 is 1.19 bits per heavy atom. The summed E-state index contributed by atoms with van der Waals surface area (Å²) < 4.78 is 173. The standard InChI is InChI=1S/C16H11F13O3/c17-11(18,6-9(30)10(31)32-7-8-4-2-1-3-5-8)12(19,20)13(21,22)14(23,24)15(25,26)16(27,28)29/h1-5,9,30H,6-7H2. The van der Waals surface area contributed by atoms with E-state index in [0.29, 0.717) is 0 Å². The second-order valence-electron chi connectivity index (χ2n) is 6.31. The molecule has 0 bridgehead atoms. The normalized spacial score (nSPS) is 15.4. The molecular weight excluding hydrogens is 487 g/mol. The van der Waals surface area contributed by atoms with E-state index >= 15 is 0 Å². The number of halogens is 13. The molecule has 1 aromatic rings. The van der Waals surface area contributed by atoms with Crippen LogP contribution in [0.5, 0.6) is 0 Å². The van der Waals surface area contributed by atoms with Gasteiger partial charge in [0.2, 0.25) is 0 Å². The second-order valence-corrected chi connectivity index (χ2v) is 6.31. The average molecular weight is 498 g/mol. The summed E-state index contributed by atoms with van der Waals surface area (Å²) in [6.45, 7) is -0.745. The van der Waals surface area contributed by atoms with Crippen molar-refractivity contribution < 1.29 is 71.7 Å². The maximum atomic E-state index is 13.6. The highest BCUT2D eigenvalue weighted by Crippen LogP contribution is 2.60. The zero-order valence-corrected chi connectivity index (χ0v) is 15.1. The number of hydrogen-bond acceptors (Lipinski definition) is 3. The largest absolute Gasteiger partial charge is 0.460 e. The van der Waals surface area contributed by atoms with Crippen molar-refractivity contribution >= 4 is 5.97 Å². The molecule has 0 radical (unpaired) electrons. The number of rotatable bonds is 9. The van der Waals surface area contributed by atoms with E-state index in [-0.39, 0.29) is 5.56 Å². The van der Waals surface area contributed by atoms with Crippen molar-refractivity contribution in [1.82, 2.24) is 0 Å². The quantitative estimate of drug-likeness (QED) is 0.375. The van der Waals surface area contributed by atoms with Crippen molar-refractivity contribution in [3.05, 3.63) is 35.9 Å². The van der Waals surface area contributed by atoms with Gasteiger partial charge >= 0.3 is 41.8 Å². The Morgan fingerprint density at radius 3 is 1.62 bits per heavy atom. The van der Waals surface area contributed by atoms with Gasteiger partial charge in [0.15, 0.2) is 6.10 Å². The molecule has 0 aromatic heterocycles. The van der Waals surface area contributed by atoms with Gasteiger partial charge in [0, 0.05) is 0 Å². The number of alkyl halides is 13. The predicted octanol–water partition coefficient (Wildman–Crippen LogP) is 5.22. The van der Waals surface area contributed by atoms with Gasteiger partial charge in [-0.25, -0.2) is 4.79 Å². The first-order valence-corrected chi connectivity index (χ1v) is 7.98. The molecule has 1 rings (SSSR count). The molecule has 1 atom stereocenters. The van der Waals surface area contributed by atoms with Crippen LogP contribution in [0.4, 0.5) is 57.1 Å². The molecule has 1 N–H and O–H groups in total. The predicted molar refractivity (Wildman–Crippen MR) is 77.7 cm³/mol. The van der Waals surface area contributed by atoms with Crippen LogP contribution in [0.1, 0.15) is 12.0 Å². The topological polar surface area (TPSA) is 46.5 Å². The van der Waals surface area contributed by atoms with Crippen molar-refractivity contribution in [2.45, 2.75) is 54.9 Å². The molecule has 1 aromatic carbocycles. The number of carbonyl (C=O) groups excluding carboxylic acids is 1. The Balaban J connectivity index is 3.10. The van der Waals surface area contributed by atoms with E-state index in [2.05, 4.69) is 4.74 Å². The van der Waals surface area contributed by atoms with Gasteiger partial charge in [0.25, 0.3) is 0 Å². The summed E-state index contributed by atoms with van der Waals surface area (Å²) in [4.78, 5) is 11.4. The molecule has 0 saturated carbocycles. The Morgan fingerprint density at radius 1 is 0.750 bits per heavy atom. The lowest BCUT2D eigenvalue weighted by atomic mass is 9.91. The molecule has 3 nitrogen and oxygen atoms in total. The second kappa shape index (κ2) is 8.59. The van der Waals surface area contributed by atoms with E-state index in [1.165, 1.54) is 30.3 Å². The fraction of sp³-hybridized carbons (Fsp3) is 0.562. The van der Waals surface area contributed by atoms with Crippen LogP contribution < -0.4 is 0 Å². The van der Waals surface area contributed by atoms with Crippen LogP contribution in [0.25, 0.3) is 0 Å². The average Bonchev–Trinajstić information content (AvgIpc) is 2.64. The highest BCUT2D eigenvalue weighted by molar-refractivity contribution is 5.74. The number of aliphatic hydroxyl groups excluding tert-OH is 1. The highest BCUT2D eigenvalue weighted by Gasteiger charge is 2.90. The molecular formula is C16H11F13O3. The summed E-state index contributed by atoms with van der Waals surface area (Å²) in [5, 5.41) is 9.20. The van der Waals surface area contributed by atoms with E-state index in [4.69, 9.17) is 0 Å². The van der Waals surface area contributed by atoms with Crippen molar-refractivity contribution in [3.8, 4) is 0 Å². The van der Waals surface area contributed by atoms with Gasteiger partial charge in [-0.2, -0.15) is 57.1 Å². The number of esters is 1. The molecule has 184 valence electrons. The monoisotopic (exact) mass is 498 g/mol. The molecule has 0 aliphatic carbocycles. The van der Waals surface area contributed by atoms with Gasteiger partial charge in [0.05, 0.1) is 6.42 Å². The lowest BCUT2D eigenvalue weighted by Gasteiger charge is -2.40. The molecule has 0 fully saturated rings. The summed E-state index contributed by atoms with van der Waals surface area (Å²) in [7, 11) is 0. The Bertz CT molecular complexity index is 790. The van der Waals surface area contributed by atoms with Crippen molar-refractivity contribution in [3.63, 3.8) is 0 Å². The van der Waals surface area contributed by atoms with Gasteiger partial charge in [-0.3, -0.25) is 0 Å². The summed E-state index contributed by atoms with van der Waals surface area (Å²) in [5.74, 6) is -40.2. The SMILES string of the molecule is O=C(OCc1ccccc1)C(O)CC(F)(F)C(F)(F)C(F)(F)C(F)(F)C(F)(F)C(F)(F)F. The van der Waals surface area contributed by atoms with Crippen LogP contribution in [-0.4, -0.2) is 53.0 Å². The molecule has 16 heteroatoms. The van der Waals surface area contributed by atoms with Gasteiger partial charge in [-0.05, 0) is 5.56 Å². The maximum absolute atomic E-state index is 13.6.